The Morgan fingerprint density at radius 1 is 0.593 bits per heavy atom. The largest absolute Gasteiger partial charge is 0.423 e. The van der Waals surface area contributed by atoms with E-state index in [-0.39, 0.29) is 13.0 Å². The zero-order valence-electron chi connectivity index (χ0n) is 14.0. The topological polar surface area (TPSA) is 52.8 Å². The molecule has 0 amide bonds. The fourth-order valence-corrected chi connectivity index (χ4v) is 0.371. The van der Waals surface area contributed by atoms with Crippen molar-refractivity contribution in [1.82, 2.24) is 0 Å². The van der Waals surface area contributed by atoms with Gasteiger partial charge in [-0.25, -0.2) is 0 Å². The monoisotopic (exact) mass is 603 g/mol. The summed E-state index contributed by atoms with van der Waals surface area (Å²) < 4.78 is 136. The Morgan fingerprint density at radius 3 is 0.704 bits per heavy atom. The summed E-state index contributed by atoms with van der Waals surface area (Å²) in [5, 5.41) is 14.9. The number of nitrogens with zero attached hydrogens (tertiary/aromatic N) is 1. The molecular formula is C11H16F12NO2Ta-. The van der Waals surface area contributed by atoms with Crippen LogP contribution in [0.2, 0.25) is 0 Å². The third-order valence-electron chi connectivity index (χ3n) is 1.54. The van der Waals surface area contributed by atoms with Crippen LogP contribution in [0.25, 0.3) is 0 Å². The predicted molar refractivity (Wildman–Crippen MR) is 64.8 cm³/mol. The summed E-state index contributed by atoms with van der Waals surface area (Å²) in [5.74, 6) is 0. The van der Waals surface area contributed by atoms with E-state index in [1.165, 1.54) is 0 Å². The van der Waals surface area contributed by atoms with Gasteiger partial charge in [-0.15, -0.1) is 0 Å². The molecule has 0 aromatic rings. The van der Waals surface area contributed by atoms with E-state index in [1.54, 1.807) is 0 Å². The van der Waals surface area contributed by atoms with Gasteiger partial charge in [0.1, 0.15) is 0 Å². The third kappa shape index (κ3) is 20.2. The van der Waals surface area contributed by atoms with Crippen LogP contribution in [0.1, 0.15) is 20.8 Å². The number of aliphatic hydroxyl groups excluding tert-OH is 2. The number of hydrogen-bond acceptors (Lipinski definition) is 3. The van der Waals surface area contributed by atoms with Crippen molar-refractivity contribution in [1.29, 1.82) is 0 Å². The molecule has 27 heavy (non-hydrogen) atoms. The van der Waals surface area contributed by atoms with E-state index < -0.39 is 36.9 Å². The molecule has 0 aliphatic carbocycles. The van der Waals surface area contributed by atoms with Gasteiger partial charge in [-0.1, -0.05) is 0 Å². The van der Waals surface area contributed by atoms with Gasteiger partial charge in [-0.3, -0.25) is 0 Å². The first-order chi connectivity index (χ1) is 10.9. The van der Waals surface area contributed by atoms with Gasteiger partial charge in [0.2, 0.25) is 12.2 Å². The van der Waals surface area contributed by atoms with Crippen LogP contribution in [0.4, 0.5) is 52.7 Å². The second-order valence-corrected chi connectivity index (χ2v) is 5.96. The molecule has 0 spiro atoms. The molecule has 0 rings (SSSR count). The first-order valence-electron chi connectivity index (χ1n) is 5.86. The maximum atomic E-state index is 11.0. The van der Waals surface area contributed by atoms with E-state index >= 15 is 0 Å². The third-order valence-corrected chi connectivity index (χ3v) is 3.70. The Bertz CT molecular complexity index is 350. The Kier molecular flexibility index (Phi) is 14.6. The van der Waals surface area contributed by atoms with Crippen molar-refractivity contribution in [2.75, 3.05) is 0 Å². The molecule has 0 aromatic carbocycles. The normalized spacial score (nSPS) is 13.1. The smallest absolute Gasteiger partial charge is 0.377 e. The molecule has 0 saturated carbocycles. The molecule has 0 saturated heterocycles. The van der Waals surface area contributed by atoms with Crippen molar-refractivity contribution in [3.05, 3.63) is 7.43 Å². The Labute approximate surface area is 158 Å². The van der Waals surface area contributed by atoms with Gasteiger partial charge < -0.3 is 17.6 Å². The predicted octanol–water partition coefficient (Wildman–Crippen LogP) is 4.91. The molecule has 0 radical (unpaired) electrons. The average Bonchev–Trinajstić information content (AvgIpc) is 2.33. The van der Waals surface area contributed by atoms with Crippen molar-refractivity contribution in [3.63, 3.8) is 0 Å². The van der Waals surface area contributed by atoms with Gasteiger partial charge in [-0.05, 0) is 0 Å². The van der Waals surface area contributed by atoms with E-state index in [0.29, 0.717) is 0 Å². The zero-order chi connectivity index (χ0) is 22.4. The van der Waals surface area contributed by atoms with Gasteiger partial charge in [0, 0.05) is 0 Å². The van der Waals surface area contributed by atoms with Crippen molar-refractivity contribution >= 4 is 0 Å². The minimum Gasteiger partial charge on any atom is -0.377 e. The summed E-state index contributed by atoms with van der Waals surface area (Å²) in [6.45, 7) is 6.31. The molecule has 3 nitrogen and oxygen atoms in total. The first kappa shape index (κ1) is 34.1. The van der Waals surface area contributed by atoms with Gasteiger partial charge in [0.25, 0.3) is 0 Å². The molecule has 0 aliphatic rings. The molecule has 0 aliphatic heterocycles. The first-order valence-corrected chi connectivity index (χ1v) is 7.30. The quantitative estimate of drug-likeness (QED) is 0.306. The Morgan fingerprint density at radius 2 is 0.704 bits per heavy atom. The molecule has 0 atom stereocenters. The average molecular weight is 603 g/mol. The van der Waals surface area contributed by atoms with Crippen LogP contribution in [0.3, 0.4) is 0 Å². The fraction of sp³-hybridized carbons (Fsp3) is 0.909. The zero-order valence-corrected chi connectivity index (χ0v) is 17.2. The van der Waals surface area contributed by atoms with Gasteiger partial charge in [-0.2, -0.15) is 52.7 Å². The molecule has 167 valence electrons. The minimum absolute atomic E-state index is 0. The standard InChI is InChI=1S/C4H9N.2C3H2F6O.CH3.Ta/c1-4(2,3)5;2*4-2(5,6)1(10)3(7,8)9;;/h1-3H3;2*1,10H;1H3;/q;;;-1;. The summed E-state index contributed by atoms with van der Waals surface area (Å²) in [6.07, 6.45) is -31.0. The van der Waals surface area contributed by atoms with Crippen LogP contribution in [0.15, 0.2) is 3.34 Å². The van der Waals surface area contributed by atoms with Gasteiger partial charge in [0.15, 0.2) is 0 Å². The molecule has 0 bridgehead atoms. The summed E-state index contributed by atoms with van der Waals surface area (Å²) in [6, 6.07) is 0. The van der Waals surface area contributed by atoms with E-state index in [9.17, 15) is 52.7 Å². The number of aliphatic hydroxyl groups is 2. The van der Waals surface area contributed by atoms with Crippen molar-refractivity contribution in [2.24, 2.45) is 3.34 Å². The van der Waals surface area contributed by atoms with Gasteiger partial charge >= 0.3 is 75.2 Å². The number of halogens is 12. The summed E-state index contributed by atoms with van der Waals surface area (Å²) in [7, 11) is 0. The maximum Gasteiger partial charge on any atom is 0.423 e. The minimum atomic E-state index is -5.63. The number of hydrogen-bond donors (Lipinski definition) is 2. The Balaban J connectivity index is -0.000000149. The van der Waals surface area contributed by atoms with Crippen molar-refractivity contribution in [2.45, 2.75) is 63.2 Å². The molecular weight excluding hydrogens is 587 g/mol. The van der Waals surface area contributed by atoms with Crippen LogP contribution in [-0.4, -0.2) is 52.7 Å². The summed E-state index contributed by atoms with van der Waals surface area (Å²) in [4.78, 5) is 0. The van der Waals surface area contributed by atoms with Crippen LogP contribution >= 0.6 is 0 Å². The summed E-state index contributed by atoms with van der Waals surface area (Å²) >= 11 is 1.15. The molecule has 0 aromatic heterocycles. The Hall–Kier alpha value is -0.380. The second kappa shape index (κ2) is 11.6. The van der Waals surface area contributed by atoms with Crippen molar-refractivity contribution in [3.8, 4) is 0 Å². The van der Waals surface area contributed by atoms with E-state index in [1.807, 2.05) is 0 Å². The van der Waals surface area contributed by atoms with Crippen LogP contribution < -0.4 is 0 Å². The van der Waals surface area contributed by atoms with Crippen LogP contribution in [0.5, 0.6) is 0 Å². The van der Waals surface area contributed by atoms with E-state index in [2.05, 4.69) is 24.1 Å². The number of alkyl halides is 12. The van der Waals surface area contributed by atoms with Crippen LogP contribution in [-0.2, 0) is 20.9 Å². The van der Waals surface area contributed by atoms with Crippen LogP contribution in [0, 0.1) is 7.43 Å². The molecule has 0 unspecified atom stereocenters. The van der Waals surface area contributed by atoms with Gasteiger partial charge in [0.05, 0.1) is 0 Å². The molecule has 16 heteroatoms. The van der Waals surface area contributed by atoms with E-state index in [4.69, 9.17) is 10.2 Å². The SMILES string of the molecule is CC(C)(C)[N]=[Ta].OC(C(F)(F)F)C(F)(F)F.OC(C(F)(F)F)C(F)(F)F.[CH3-]. The molecule has 2 N–H and O–H groups in total. The van der Waals surface area contributed by atoms with Crippen molar-refractivity contribution < 1.29 is 83.8 Å². The fourth-order valence-electron chi connectivity index (χ4n) is 0.371. The van der Waals surface area contributed by atoms with E-state index in [0.717, 1.165) is 20.9 Å². The molecule has 0 heterocycles. The number of rotatable bonds is 0. The second-order valence-electron chi connectivity index (χ2n) is 5.24. The summed E-state index contributed by atoms with van der Waals surface area (Å²) in [5.41, 5.74) is 0.216. The maximum absolute atomic E-state index is 11.0. The molecule has 0 fully saturated rings.